The van der Waals surface area contributed by atoms with Gasteiger partial charge in [-0.25, -0.2) is 4.98 Å². The van der Waals surface area contributed by atoms with E-state index in [4.69, 9.17) is 12.2 Å². The smallest absolute Gasteiger partial charge is 0.251 e. The fourth-order valence-electron chi connectivity index (χ4n) is 3.61. The molecule has 32 heavy (non-hydrogen) atoms. The van der Waals surface area contributed by atoms with Gasteiger partial charge in [-0.15, -0.1) is 0 Å². The van der Waals surface area contributed by atoms with Crippen LogP contribution >= 0.6 is 12.2 Å². The Kier molecular flexibility index (Phi) is 6.92. The number of aromatic amines is 1. The number of fused-ring (bicyclic) bond motifs is 1. The van der Waals surface area contributed by atoms with Crippen molar-refractivity contribution in [1.29, 1.82) is 0 Å². The van der Waals surface area contributed by atoms with Crippen LogP contribution in [-0.2, 0) is 13.0 Å². The number of benzene rings is 3. The predicted octanol–water partition coefficient (Wildman–Crippen LogP) is 5.66. The van der Waals surface area contributed by atoms with Crippen LogP contribution in [0.25, 0.3) is 10.9 Å². The van der Waals surface area contributed by atoms with Gasteiger partial charge in [-0.1, -0.05) is 54.6 Å². The van der Waals surface area contributed by atoms with Gasteiger partial charge in [0.1, 0.15) is 5.82 Å². The van der Waals surface area contributed by atoms with Gasteiger partial charge in [-0.05, 0) is 67.4 Å². The first-order chi connectivity index (χ1) is 15.6. The number of H-pyrrole nitrogens is 1. The van der Waals surface area contributed by atoms with Crippen molar-refractivity contribution in [3.8, 4) is 0 Å². The second kappa shape index (κ2) is 10.2. The number of hydrogen-bond acceptors (Lipinski definition) is 4. The van der Waals surface area contributed by atoms with E-state index in [1.807, 2.05) is 73.7 Å². The number of aryl methyl sites for hydroxylation is 1. The van der Waals surface area contributed by atoms with Gasteiger partial charge >= 0.3 is 0 Å². The maximum Gasteiger partial charge on any atom is 0.251 e. The molecule has 0 saturated heterocycles. The van der Waals surface area contributed by atoms with Crippen molar-refractivity contribution >= 4 is 34.8 Å². The number of nitrogens with zero attached hydrogens (tertiary/aromatic N) is 1. The largest absolute Gasteiger partial charge is 0.365 e. The highest BCUT2D eigenvalue weighted by Gasteiger charge is 2.10. The van der Waals surface area contributed by atoms with Crippen molar-refractivity contribution in [3.05, 3.63) is 100 Å². The third kappa shape index (κ3) is 5.59. The van der Waals surface area contributed by atoms with E-state index in [0.29, 0.717) is 16.9 Å². The topological polar surface area (TPSA) is 69.8 Å². The van der Waals surface area contributed by atoms with Crippen LogP contribution in [0.3, 0.4) is 0 Å². The number of anilines is 1. The summed E-state index contributed by atoms with van der Waals surface area (Å²) in [5, 5.41) is 7.44. The van der Waals surface area contributed by atoms with Crippen molar-refractivity contribution < 1.29 is 4.79 Å². The van der Waals surface area contributed by atoms with E-state index < -0.39 is 0 Å². The number of aromatic nitrogens is 2. The van der Waals surface area contributed by atoms with E-state index in [-0.39, 0.29) is 11.9 Å². The van der Waals surface area contributed by atoms with E-state index in [1.54, 1.807) is 0 Å². The molecule has 5 nitrogen and oxygen atoms in total. The molecule has 3 N–H and O–H groups in total. The fourth-order valence-corrected chi connectivity index (χ4v) is 3.81. The zero-order valence-corrected chi connectivity index (χ0v) is 18.8. The molecule has 0 aliphatic heterocycles. The summed E-state index contributed by atoms with van der Waals surface area (Å²) in [5.74, 6) is 0.700. The van der Waals surface area contributed by atoms with Crippen molar-refractivity contribution in [3.63, 3.8) is 0 Å². The lowest BCUT2D eigenvalue weighted by Gasteiger charge is -2.14. The van der Waals surface area contributed by atoms with Crippen LogP contribution in [0.4, 0.5) is 5.82 Å². The van der Waals surface area contributed by atoms with Gasteiger partial charge in [0.05, 0.1) is 5.52 Å². The first-order valence-corrected chi connectivity index (χ1v) is 11.2. The molecular weight excluding hydrogens is 416 g/mol. The molecule has 162 valence electrons. The Morgan fingerprint density at radius 3 is 2.47 bits per heavy atom. The van der Waals surface area contributed by atoms with Crippen LogP contribution in [0, 0.1) is 4.77 Å². The summed E-state index contributed by atoms with van der Waals surface area (Å²) in [5.41, 5.74) is 3.95. The molecule has 0 radical (unpaired) electrons. The Morgan fingerprint density at radius 2 is 1.69 bits per heavy atom. The summed E-state index contributed by atoms with van der Waals surface area (Å²) < 4.78 is 0.444. The minimum Gasteiger partial charge on any atom is -0.365 e. The Labute approximate surface area is 192 Å². The van der Waals surface area contributed by atoms with Crippen LogP contribution in [-0.4, -0.2) is 21.9 Å². The second-order valence-corrected chi connectivity index (χ2v) is 8.27. The lowest BCUT2D eigenvalue weighted by Crippen LogP contribution is -2.32. The number of para-hydroxylation sites is 1. The van der Waals surface area contributed by atoms with E-state index in [1.165, 1.54) is 5.56 Å². The molecule has 0 fully saturated rings. The maximum atomic E-state index is 12.6. The highest BCUT2D eigenvalue weighted by molar-refractivity contribution is 7.71. The van der Waals surface area contributed by atoms with Gasteiger partial charge in [-0.2, -0.15) is 0 Å². The predicted molar refractivity (Wildman–Crippen MR) is 132 cm³/mol. The first kappa shape index (κ1) is 21.7. The number of carbonyl (C=O) groups is 1. The maximum absolute atomic E-state index is 12.6. The second-order valence-electron chi connectivity index (χ2n) is 7.89. The summed E-state index contributed by atoms with van der Waals surface area (Å²) in [6.07, 6.45) is 1.84. The molecule has 6 heteroatoms. The summed E-state index contributed by atoms with van der Waals surface area (Å²) in [6, 6.07) is 26.0. The Morgan fingerprint density at radius 1 is 0.969 bits per heavy atom. The van der Waals surface area contributed by atoms with Gasteiger partial charge < -0.3 is 15.6 Å². The minimum atomic E-state index is -0.0490. The zero-order valence-electron chi connectivity index (χ0n) is 18.0. The van der Waals surface area contributed by atoms with E-state index in [2.05, 4.69) is 32.7 Å². The Hall–Kier alpha value is -3.51. The normalized spacial score (nSPS) is 11.8. The van der Waals surface area contributed by atoms with E-state index in [9.17, 15) is 4.79 Å². The Balaban J connectivity index is 1.33. The average Bonchev–Trinajstić information content (AvgIpc) is 2.82. The minimum absolute atomic E-state index is 0.0490. The van der Waals surface area contributed by atoms with E-state index in [0.717, 1.165) is 35.1 Å². The average molecular weight is 443 g/mol. The number of hydrogen-bond donors (Lipinski definition) is 3. The van der Waals surface area contributed by atoms with Crippen LogP contribution in [0.5, 0.6) is 0 Å². The van der Waals surface area contributed by atoms with Crippen LogP contribution in [0.1, 0.15) is 34.8 Å². The molecule has 4 aromatic rings. The lowest BCUT2D eigenvalue weighted by atomic mass is 10.1. The number of rotatable bonds is 8. The molecule has 3 aromatic carbocycles. The van der Waals surface area contributed by atoms with Gasteiger partial charge in [0.2, 0.25) is 0 Å². The van der Waals surface area contributed by atoms with Crippen LogP contribution in [0.15, 0.2) is 78.9 Å². The number of nitrogens with one attached hydrogen (secondary N) is 3. The van der Waals surface area contributed by atoms with E-state index >= 15 is 0 Å². The molecule has 1 aromatic heterocycles. The molecule has 1 atom stereocenters. The van der Waals surface area contributed by atoms with Crippen molar-refractivity contribution in [2.24, 2.45) is 0 Å². The van der Waals surface area contributed by atoms with Crippen molar-refractivity contribution in [1.82, 2.24) is 15.3 Å². The molecule has 1 amide bonds. The molecule has 0 aliphatic rings. The van der Waals surface area contributed by atoms with Crippen molar-refractivity contribution in [2.75, 3.05) is 5.32 Å². The highest BCUT2D eigenvalue weighted by Crippen LogP contribution is 2.20. The molecule has 0 spiro atoms. The third-order valence-corrected chi connectivity index (χ3v) is 5.59. The zero-order chi connectivity index (χ0) is 22.3. The highest BCUT2D eigenvalue weighted by atomic mass is 32.1. The molecule has 4 rings (SSSR count). The van der Waals surface area contributed by atoms with Crippen LogP contribution < -0.4 is 10.6 Å². The Bertz CT molecular complexity index is 1250. The quantitative estimate of drug-likeness (QED) is 0.308. The van der Waals surface area contributed by atoms with Gasteiger partial charge in [-0.3, -0.25) is 4.79 Å². The number of amides is 1. The van der Waals surface area contributed by atoms with Crippen LogP contribution in [0.2, 0.25) is 0 Å². The fraction of sp³-hybridized carbons (Fsp3) is 0.192. The van der Waals surface area contributed by atoms with Gasteiger partial charge in [0, 0.05) is 23.5 Å². The third-order valence-electron chi connectivity index (χ3n) is 5.40. The summed E-state index contributed by atoms with van der Waals surface area (Å²) in [7, 11) is 0. The summed E-state index contributed by atoms with van der Waals surface area (Å²) >= 11 is 5.23. The summed E-state index contributed by atoms with van der Waals surface area (Å²) in [4.78, 5) is 20.1. The molecule has 0 saturated carbocycles. The van der Waals surface area contributed by atoms with Crippen molar-refractivity contribution in [2.45, 2.75) is 32.4 Å². The SMILES string of the molecule is C[C@H](CCc1ccccc1)NC(=O)c1ccc(CNc2nc(=S)[nH]c3ccccc23)cc1. The lowest BCUT2D eigenvalue weighted by molar-refractivity contribution is 0.0938. The molecule has 0 unspecified atom stereocenters. The number of carbonyl (C=O) groups excluding carboxylic acids is 1. The van der Waals surface area contributed by atoms with Gasteiger partial charge in [0.25, 0.3) is 5.91 Å². The first-order valence-electron chi connectivity index (χ1n) is 10.7. The summed E-state index contributed by atoms with van der Waals surface area (Å²) in [6.45, 7) is 2.63. The molecule has 0 aliphatic carbocycles. The molecule has 1 heterocycles. The molecule has 0 bridgehead atoms. The molecular formula is C26H26N4OS. The van der Waals surface area contributed by atoms with Gasteiger partial charge in [0.15, 0.2) is 4.77 Å². The monoisotopic (exact) mass is 442 g/mol. The standard InChI is InChI=1S/C26H26N4OS/c1-18(11-12-19-7-3-2-4-8-19)28-25(31)21-15-13-20(14-16-21)17-27-24-22-9-5-6-10-23(22)29-26(32)30-24/h2-10,13-16,18H,11-12,17H2,1H3,(H,28,31)(H2,27,29,30,32)/t18-/m1/s1.